The summed E-state index contributed by atoms with van der Waals surface area (Å²) < 4.78 is 9.56. The van der Waals surface area contributed by atoms with Gasteiger partial charge in [-0.05, 0) is 37.7 Å². The van der Waals surface area contributed by atoms with E-state index in [1.807, 2.05) is 31.2 Å². The maximum absolute atomic E-state index is 11.9. The number of ether oxygens (including phenoxy) is 2. The minimum absolute atomic E-state index is 0.216. The molecular weight excluding hydrogens is 240 g/mol. The second-order valence-corrected chi connectivity index (χ2v) is 4.92. The summed E-state index contributed by atoms with van der Waals surface area (Å²) in [6, 6.07) is 7.58. The number of thioether (sulfide) groups is 1. The van der Waals surface area contributed by atoms with Crippen LogP contribution in [0.15, 0.2) is 29.2 Å². The lowest BCUT2D eigenvalue weighted by Crippen LogP contribution is -2.26. The van der Waals surface area contributed by atoms with Crippen LogP contribution < -0.4 is 0 Å². The normalized spacial score (nSPS) is 23.1. The van der Waals surface area contributed by atoms with E-state index >= 15 is 0 Å². The van der Waals surface area contributed by atoms with Crippen LogP contribution >= 0.6 is 11.8 Å². The van der Waals surface area contributed by atoms with Gasteiger partial charge in [0.05, 0.1) is 0 Å². The molecule has 90 valence electrons. The molecule has 1 aromatic rings. The molecule has 0 unspecified atom stereocenters. The first kappa shape index (κ1) is 12.0. The average Bonchev–Trinajstić information content (AvgIpc) is 2.61. The van der Waals surface area contributed by atoms with Crippen molar-refractivity contribution in [3.05, 3.63) is 29.8 Å². The van der Waals surface area contributed by atoms with Crippen molar-refractivity contribution >= 4 is 23.0 Å². The van der Waals surface area contributed by atoms with Gasteiger partial charge in [-0.3, -0.25) is 4.79 Å². The Hall–Kier alpha value is -1.49. The van der Waals surface area contributed by atoms with E-state index in [9.17, 15) is 9.59 Å². The van der Waals surface area contributed by atoms with Gasteiger partial charge in [-0.15, -0.1) is 0 Å². The van der Waals surface area contributed by atoms with Crippen molar-refractivity contribution < 1.29 is 19.1 Å². The van der Waals surface area contributed by atoms with Gasteiger partial charge in [0.25, 0.3) is 0 Å². The molecule has 1 heterocycles. The van der Waals surface area contributed by atoms with Crippen molar-refractivity contribution in [2.45, 2.75) is 31.0 Å². The Kier molecular flexibility index (Phi) is 3.38. The van der Waals surface area contributed by atoms with Gasteiger partial charge in [-0.25, -0.2) is 4.79 Å². The number of benzene rings is 1. The third-order valence-corrected chi connectivity index (χ3v) is 3.34. The Bertz CT molecular complexity index is 440. The third-order valence-electron chi connectivity index (χ3n) is 2.40. The van der Waals surface area contributed by atoms with Crippen LogP contribution in [-0.4, -0.2) is 23.5 Å². The fraction of sp³-hybridized carbons (Fsp3) is 0.333. The fourth-order valence-corrected chi connectivity index (χ4v) is 2.32. The van der Waals surface area contributed by atoms with Gasteiger partial charge in [-0.2, -0.15) is 0 Å². The number of carbonyl (C=O) groups is 2. The number of hydrogen-bond donors (Lipinski definition) is 0. The van der Waals surface area contributed by atoms with Crippen molar-refractivity contribution in [2.75, 3.05) is 0 Å². The Balaban J connectivity index is 2.02. The highest BCUT2D eigenvalue weighted by Crippen LogP contribution is 2.26. The number of hydrogen-bond acceptors (Lipinski definition) is 5. The predicted octanol–water partition coefficient (Wildman–Crippen LogP) is 2.54. The van der Waals surface area contributed by atoms with Crippen molar-refractivity contribution in [1.29, 1.82) is 0 Å². The van der Waals surface area contributed by atoms with Gasteiger partial charge in [0, 0.05) is 4.90 Å². The number of cyclic esters (lactones) is 2. The molecule has 5 heteroatoms. The summed E-state index contributed by atoms with van der Waals surface area (Å²) >= 11 is 1.06. The third kappa shape index (κ3) is 2.79. The smallest absolute Gasteiger partial charge is 0.427 e. The Morgan fingerprint density at radius 1 is 1.24 bits per heavy atom. The van der Waals surface area contributed by atoms with Crippen molar-refractivity contribution in [3.8, 4) is 0 Å². The van der Waals surface area contributed by atoms with Crippen LogP contribution in [0, 0.1) is 6.92 Å². The molecule has 2 atom stereocenters. The first-order chi connectivity index (χ1) is 8.06. The molecule has 1 aromatic carbocycles. The van der Waals surface area contributed by atoms with E-state index in [1.54, 1.807) is 6.92 Å². The molecule has 0 bridgehead atoms. The van der Waals surface area contributed by atoms with Crippen LogP contribution in [-0.2, 0) is 14.3 Å². The zero-order valence-electron chi connectivity index (χ0n) is 9.51. The maximum atomic E-state index is 11.9. The largest absolute Gasteiger partial charge is 0.509 e. The highest BCUT2D eigenvalue weighted by molar-refractivity contribution is 8.13. The number of aryl methyl sites for hydroxylation is 1. The maximum Gasteiger partial charge on any atom is 0.509 e. The number of carbonyl (C=O) groups excluding carboxylic acids is 2. The highest BCUT2D eigenvalue weighted by atomic mass is 32.2. The summed E-state index contributed by atoms with van der Waals surface area (Å²) in [6.45, 7) is 3.62. The lowest BCUT2D eigenvalue weighted by atomic mass is 10.2. The van der Waals surface area contributed by atoms with Crippen LogP contribution in [0.25, 0.3) is 0 Å². The zero-order valence-corrected chi connectivity index (χ0v) is 10.3. The van der Waals surface area contributed by atoms with E-state index in [-0.39, 0.29) is 5.12 Å². The molecule has 0 radical (unpaired) electrons. The molecular formula is C12H12O4S. The second kappa shape index (κ2) is 4.79. The first-order valence-electron chi connectivity index (χ1n) is 5.22. The molecule has 0 aromatic heterocycles. The highest BCUT2D eigenvalue weighted by Gasteiger charge is 2.38. The van der Waals surface area contributed by atoms with E-state index in [0.717, 1.165) is 22.2 Å². The fourth-order valence-electron chi connectivity index (χ4n) is 1.46. The molecule has 0 amide bonds. The molecule has 1 saturated heterocycles. The van der Waals surface area contributed by atoms with Gasteiger partial charge in [0.2, 0.25) is 11.2 Å². The molecule has 4 nitrogen and oxygen atoms in total. The summed E-state index contributed by atoms with van der Waals surface area (Å²) in [6.07, 6.45) is -2.11. The molecule has 1 aliphatic rings. The lowest BCUT2D eigenvalue weighted by molar-refractivity contribution is -0.118. The summed E-state index contributed by atoms with van der Waals surface area (Å²) in [5, 5.41) is -0.216. The van der Waals surface area contributed by atoms with Crippen molar-refractivity contribution in [1.82, 2.24) is 0 Å². The van der Waals surface area contributed by atoms with Gasteiger partial charge >= 0.3 is 6.16 Å². The van der Waals surface area contributed by atoms with Gasteiger partial charge in [0.1, 0.15) is 6.10 Å². The van der Waals surface area contributed by atoms with Crippen LogP contribution in [0.2, 0.25) is 0 Å². The van der Waals surface area contributed by atoms with Gasteiger partial charge in [0.15, 0.2) is 0 Å². The SMILES string of the molecule is Cc1ccc(SC(=O)[C@H]2OC(=O)O[C@H]2C)cc1. The van der Waals surface area contributed by atoms with E-state index in [0.29, 0.717) is 0 Å². The van der Waals surface area contributed by atoms with E-state index in [4.69, 9.17) is 9.47 Å². The first-order valence-corrected chi connectivity index (χ1v) is 6.03. The van der Waals surface area contributed by atoms with Gasteiger partial charge < -0.3 is 9.47 Å². The summed E-state index contributed by atoms with van der Waals surface area (Å²) in [7, 11) is 0. The van der Waals surface area contributed by atoms with Crippen molar-refractivity contribution in [3.63, 3.8) is 0 Å². The molecule has 0 saturated carbocycles. The predicted molar refractivity (Wildman–Crippen MR) is 62.9 cm³/mol. The van der Waals surface area contributed by atoms with Crippen LogP contribution in [0.1, 0.15) is 12.5 Å². The van der Waals surface area contributed by atoms with Gasteiger partial charge in [-0.1, -0.05) is 17.7 Å². The monoisotopic (exact) mass is 252 g/mol. The zero-order chi connectivity index (χ0) is 12.4. The average molecular weight is 252 g/mol. The van der Waals surface area contributed by atoms with Crippen LogP contribution in [0.4, 0.5) is 4.79 Å². The molecule has 17 heavy (non-hydrogen) atoms. The summed E-state index contributed by atoms with van der Waals surface area (Å²) in [5.41, 5.74) is 1.13. The Morgan fingerprint density at radius 2 is 1.88 bits per heavy atom. The van der Waals surface area contributed by atoms with Crippen LogP contribution in [0.3, 0.4) is 0 Å². The van der Waals surface area contributed by atoms with Crippen LogP contribution in [0.5, 0.6) is 0 Å². The van der Waals surface area contributed by atoms with E-state index in [1.165, 1.54) is 0 Å². The van der Waals surface area contributed by atoms with E-state index < -0.39 is 18.4 Å². The molecule has 0 spiro atoms. The minimum atomic E-state index is -0.811. The topological polar surface area (TPSA) is 52.6 Å². The quantitative estimate of drug-likeness (QED) is 0.598. The Morgan fingerprint density at radius 3 is 2.41 bits per heavy atom. The summed E-state index contributed by atoms with van der Waals surface area (Å²) in [5.74, 6) is 0. The minimum Gasteiger partial charge on any atom is -0.427 e. The molecule has 2 rings (SSSR count). The lowest BCUT2D eigenvalue weighted by Gasteiger charge is -2.09. The Labute approximate surface area is 103 Å². The van der Waals surface area contributed by atoms with E-state index in [2.05, 4.69) is 0 Å². The second-order valence-electron chi connectivity index (χ2n) is 3.85. The summed E-state index contributed by atoms with van der Waals surface area (Å²) in [4.78, 5) is 23.6. The van der Waals surface area contributed by atoms with Crippen molar-refractivity contribution in [2.24, 2.45) is 0 Å². The molecule has 1 aliphatic heterocycles. The number of rotatable bonds is 2. The molecule has 1 fully saturated rings. The standard InChI is InChI=1S/C12H12O4S/c1-7-3-5-9(6-4-7)17-11(13)10-8(2)15-12(14)16-10/h3-6,8,10H,1-2H3/t8-,10-/m0/s1. The molecule has 0 N–H and O–H groups in total. The molecule has 0 aliphatic carbocycles.